The van der Waals surface area contributed by atoms with Crippen molar-refractivity contribution in [2.75, 3.05) is 11.9 Å². The van der Waals surface area contributed by atoms with Gasteiger partial charge in [0.1, 0.15) is 11.5 Å². The largest absolute Gasteiger partial charge is 0.491 e. The summed E-state index contributed by atoms with van der Waals surface area (Å²) in [6.45, 7) is 1.82. The first-order valence-electron chi connectivity index (χ1n) is 9.66. The Morgan fingerprint density at radius 2 is 1.53 bits per heavy atom. The molecule has 0 aliphatic heterocycles. The molecule has 1 unspecified atom stereocenters. The predicted octanol–water partition coefficient (Wildman–Crippen LogP) is 4.01. The van der Waals surface area contributed by atoms with Crippen LogP contribution in [-0.2, 0) is 9.59 Å². The summed E-state index contributed by atoms with van der Waals surface area (Å²) in [5, 5.41) is 2.80. The van der Waals surface area contributed by atoms with Gasteiger partial charge in [0, 0.05) is 0 Å². The molecular weight excluding hydrogens is 380 g/mol. The maximum Gasteiger partial charge on any atom is 0.265 e. The first kappa shape index (κ1) is 20.9. The first-order chi connectivity index (χ1) is 14.5. The van der Waals surface area contributed by atoms with E-state index < -0.39 is 12.0 Å². The molecule has 2 amide bonds. The minimum absolute atomic E-state index is 0.0980. The maximum absolute atomic E-state index is 12.6. The molecule has 3 rings (SSSR count). The van der Waals surface area contributed by atoms with Crippen molar-refractivity contribution in [3.8, 4) is 22.6 Å². The van der Waals surface area contributed by atoms with E-state index in [2.05, 4.69) is 5.32 Å². The summed E-state index contributed by atoms with van der Waals surface area (Å²) in [5.41, 5.74) is 7.81. The number of carbonyl (C=O) groups excluding carboxylic acids is 2. The molecule has 0 bridgehead atoms. The van der Waals surface area contributed by atoms with Crippen molar-refractivity contribution < 1.29 is 19.1 Å². The fourth-order valence-corrected chi connectivity index (χ4v) is 2.81. The fraction of sp³-hybridized carbons (Fsp3) is 0.167. The molecule has 30 heavy (non-hydrogen) atoms. The second-order valence-corrected chi connectivity index (χ2v) is 6.70. The third-order valence-electron chi connectivity index (χ3n) is 4.39. The van der Waals surface area contributed by atoms with Crippen LogP contribution < -0.4 is 20.5 Å². The number of primary amides is 1. The lowest BCUT2D eigenvalue weighted by molar-refractivity contribution is -0.122. The van der Waals surface area contributed by atoms with Crippen molar-refractivity contribution in [3.63, 3.8) is 0 Å². The molecule has 0 aromatic heterocycles. The molecular formula is C24H24N2O4. The van der Waals surface area contributed by atoms with E-state index in [1.807, 2.05) is 54.6 Å². The third kappa shape index (κ3) is 5.85. The molecule has 1 atom stereocenters. The van der Waals surface area contributed by atoms with E-state index in [0.717, 1.165) is 11.1 Å². The van der Waals surface area contributed by atoms with Crippen LogP contribution >= 0.6 is 0 Å². The minimum Gasteiger partial charge on any atom is -0.491 e. The summed E-state index contributed by atoms with van der Waals surface area (Å²) in [7, 11) is 0. The highest BCUT2D eigenvalue weighted by Crippen LogP contribution is 2.25. The zero-order chi connectivity index (χ0) is 21.3. The van der Waals surface area contributed by atoms with Crippen LogP contribution in [0.2, 0.25) is 0 Å². The number of anilines is 1. The van der Waals surface area contributed by atoms with Crippen molar-refractivity contribution in [2.45, 2.75) is 19.4 Å². The fourth-order valence-electron chi connectivity index (χ4n) is 2.81. The quantitative estimate of drug-likeness (QED) is 0.564. The van der Waals surface area contributed by atoms with Crippen LogP contribution in [0.3, 0.4) is 0 Å². The normalized spacial score (nSPS) is 11.4. The van der Waals surface area contributed by atoms with E-state index in [-0.39, 0.29) is 18.9 Å². The van der Waals surface area contributed by atoms with Crippen molar-refractivity contribution in [1.82, 2.24) is 0 Å². The molecule has 0 aliphatic carbocycles. The van der Waals surface area contributed by atoms with Crippen molar-refractivity contribution in [2.24, 2.45) is 5.73 Å². The molecule has 0 radical (unpaired) electrons. The summed E-state index contributed by atoms with van der Waals surface area (Å²) in [6.07, 6.45) is -0.618. The number of carbonyl (C=O) groups is 2. The highest BCUT2D eigenvalue weighted by atomic mass is 16.5. The number of nitrogens with one attached hydrogen (secondary N) is 1. The highest BCUT2D eigenvalue weighted by Gasteiger charge is 2.17. The van der Waals surface area contributed by atoms with Gasteiger partial charge in [-0.3, -0.25) is 9.59 Å². The Morgan fingerprint density at radius 3 is 2.23 bits per heavy atom. The smallest absolute Gasteiger partial charge is 0.265 e. The van der Waals surface area contributed by atoms with Gasteiger partial charge in [0.15, 0.2) is 6.10 Å². The second-order valence-electron chi connectivity index (χ2n) is 6.70. The van der Waals surface area contributed by atoms with Gasteiger partial charge >= 0.3 is 0 Å². The number of hydrogen-bond acceptors (Lipinski definition) is 4. The molecule has 0 fully saturated rings. The van der Waals surface area contributed by atoms with E-state index in [9.17, 15) is 9.59 Å². The van der Waals surface area contributed by atoms with E-state index >= 15 is 0 Å². The second kappa shape index (κ2) is 10.1. The SMILES string of the molecule is CC(Oc1ccc(-c2ccccc2)cc1)C(=O)Nc1ccccc1OCCC(N)=O. The Balaban J connectivity index is 1.59. The molecule has 6 nitrogen and oxygen atoms in total. The number of rotatable bonds is 9. The van der Waals surface area contributed by atoms with E-state index in [4.69, 9.17) is 15.2 Å². The predicted molar refractivity (Wildman–Crippen MR) is 116 cm³/mol. The number of benzene rings is 3. The number of ether oxygens (including phenoxy) is 2. The Morgan fingerprint density at radius 1 is 0.900 bits per heavy atom. The Kier molecular flexibility index (Phi) is 7.05. The Bertz CT molecular complexity index is 988. The van der Waals surface area contributed by atoms with Crippen LogP contribution in [0, 0.1) is 0 Å². The molecule has 3 aromatic carbocycles. The molecule has 6 heteroatoms. The van der Waals surface area contributed by atoms with Crippen LogP contribution in [-0.4, -0.2) is 24.5 Å². The zero-order valence-electron chi connectivity index (χ0n) is 16.7. The van der Waals surface area contributed by atoms with Crippen molar-refractivity contribution in [3.05, 3.63) is 78.9 Å². The van der Waals surface area contributed by atoms with E-state index in [0.29, 0.717) is 17.2 Å². The number of nitrogens with two attached hydrogens (primary N) is 1. The Labute approximate surface area is 175 Å². The van der Waals surface area contributed by atoms with Gasteiger partial charge in [-0.2, -0.15) is 0 Å². The number of para-hydroxylation sites is 2. The molecule has 0 aliphatic rings. The molecule has 3 N–H and O–H groups in total. The van der Waals surface area contributed by atoms with Gasteiger partial charge in [0.25, 0.3) is 5.91 Å². The maximum atomic E-state index is 12.6. The van der Waals surface area contributed by atoms with Gasteiger partial charge in [-0.25, -0.2) is 0 Å². The van der Waals surface area contributed by atoms with E-state index in [1.165, 1.54) is 0 Å². The van der Waals surface area contributed by atoms with Gasteiger partial charge in [-0.1, -0.05) is 54.6 Å². The topological polar surface area (TPSA) is 90.7 Å². The van der Waals surface area contributed by atoms with Crippen molar-refractivity contribution in [1.29, 1.82) is 0 Å². The van der Waals surface area contributed by atoms with Gasteiger partial charge < -0.3 is 20.5 Å². The third-order valence-corrected chi connectivity index (χ3v) is 4.39. The molecule has 0 spiro atoms. The summed E-state index contributed by atoms with van der Waals surface area (Å²) in [5.74, 6) is 0.305. The van der Waals surface area contributed by atoms with Gasteiger partial charge in [0.05, 0.1) is 18.7 Å². The first-order valence-corrected chi connectivity index (χ1v) is 9.66. The lowest BCUT2D eigenvalue weighted by Gasteiger charge is -2.17. The molecule has 154 valence electrons. The molecule has 3 aromatic rings. The summed E-state index contributed by atoms with van der Waals surface area (Å²) >= 11 is 0. The zero-order valence-corrected chi connectivity index (χ0v) is 16.7. The Hall–Kier alpha value is -3.80. The molecule has 0 heterocycles. The average molecular weight is 404 g/mol. The van der Waals surface area contributed by atoms with Crippen LogP contribution in [0.1, 0.15) is 13.3 Å². The van der Waals surface area contributed by atoms with Gasteiger partial charge in [-0.15, -0.1) is 0 Å². The van der Waals surface area contributed by atoms with Crippen LogP contribution in [0.25, 0.3) is 11.1 Å². The van der Waals surface area contributed by atoms with Crippen LogP contribution in [0.5, 0.6) is 11.5 Å². The number of amides is 2. The van der Waals surface area contributed by atoms with Crippen LogP contribution in [0.15, 0.2) is 78.9 Å². The highest BCUT2D eigenvalue weighted by molar-refractivity contribution is 5.95. The lowest BCUT2D eigenvalue weighted by atomic mass is 10.1. The van der Waals surface area contributed by atoms with Crippen LogP contribution in [0.4, 0.5) is 5.69 Å². The summed E-state index contributed by atoms with van der Waals surface area (Å²) < 4.78 is 11.3. The number of hydrogen-bond donors (Lipinski definition) is 2. The van der Waals surface area contributed by atoms with E-state index in [1.54, 1.807) is 31.2 Å². The monoisotopic (exact) mass is 404 g/mol. The van der Waals surface area contributed by atoms with Gasteiger partial charge in [0.2, 0.25) is 5.91 Å². The summed E-state index contributed by atoms with van der Waals surface area (Å²) in [6, 6.07) is 24.6. The van der Waals surface area contributed by atoms with Crippen molar-refractivity contribution >= 4 is 17.5 Å². The van der Waals surface area contributed by atoms with Gasteiger partial charge in [-0.05, 0) is 42.3 Å². The lowest BCUT2D eigenvalue weighted by Crippen LogP contribution is -2.30. The minimum atomic E-state index is -0.716. The molecule has 0 saturated heterocycles. The molecule has 0 saturated carbocycles. The summed E-state index contributed by atoms with van der Waals surface area (Å²) in [4.78, 5) is 23.4. The standard InChI is InChI=1S/C24H24N2O4/c1-17(30-20-13-11-19(12-14-20)18-7-3-2-4-8-18)24(28)26-21-9-5-6-10-22(21)29-16-15-23(25)27/h2-14,17H,15-16H2,1H3,(H2,25,27)(H,26,28). The average Bonchev–Trinajstić information content (AvgIpc) is 2.76.